The lowest BCUT2D eigenvalue weighted by atomic mass is 9.92. The zero-order valence-electron chi connectivity index (χ0n) is 6.55. The van der Waals surface area contributed by atoms with E-state index in [2.05, 4.69) is 24.4 Å². The minimum atomic E-state index is 0.231. The zero-order chi connectivity index (χ0) is 7.19. The molecule has 2 atom stereocenters. The molecule has 0 aromatic carbocycles. The highest BCUT2D eigenvalue weighted by molar-refractivity contribution is 5.00. The van der Waals surface area contributed by atoms with E-state index in [0.717, 1.165) is 13.2 Å². The summed E-state index contributed by atoms with van der Waals surface area (Å²) in [4.78, 5) is 7.53. The maximum absolute atomic E-state index is 5.19. The van der Waals surface area contributed by atoms with Crippen molar-refractivity contribution in [3.63, 3.8) is 0 Å². The lowest BCUT2D eigenvalue weighted by molar-refractivity contribution is 0.0557. The first-order chi connectivity index (χ1) is 4.71. The molecule has 0 radical (unpaired) electrons. The molecule has 0 amide bonds. The molecule has 3 nitrogen and oxygen atoms in total. The Morgan fingerprint density at radius 3 is 3.20 bits per heavy atom. The Morgan fingerprint density at radius 1 is 1.70 bits per heavy atom. The molecule has 2 saturated heterocycles. The van der Waals surface area contributed by atoms with Crippen LogP contribution in [0.25, 0.3) is 0 Å². The number of nitrogens with one attached hydrogen (secondary N) is 1. The fourth-order valence-electron chi connectivity index (χ4n) is 1.99. The minimum Gasteiger partial charge on any atom is -0.304 e. The normalized spacial score (nSPS) is 48.0. The minimum absolute atomic E-state index is 0.231. The first-order valence-corrected chi connectivity index (χ1v) is 3.78. The third-order valence-corrected chi connectivity index (χ3v) is 2.62. The van der Waals surface area contributed by atoms with E-state index >= 15 is 0 Å². The monoisotopic (exact) mass is 142 g/mol. The van der Waals surface area contributed by atoms with Crippen LogP contribution in [0, 0.1) is 5.92 Å². The smallest absolute Gasteiger partial charge is 0.0741 e. The maximum Gasteiger partial charge on any atom is 0.0741 e. The number of hydrogen-bond acceptors (Lipinski definition) is 3. The molecule has 0 aromatic heterocycles. The van der Waals surface area contributed by atoms with Crippen LogP contribution >= 0.6 is 0 Å². The van der Waals surface area contributed by atoms with Crippen molar-refractivity contribution in [2.24, 2.45) is 5.92 Å². The Morgan fingerprint density at radius 2 is 2.50 bits per heavy atom. The zero-order valence-corrected chi connectivity index (χ0v) is 6.55. The third-order valence-electron chi connectivity index (χ3n) is 2.62. The molecule has 0 bridgehead atoms. The molecular formula is C7H14N2O. The van der Waals surface area contributed by atoms with Crippen molar-refractivity contribution in [1.82, 2.24) is 10.4 Å². The van der Waals surface area contributed by atoms with Crippen molar-refractivity contribution in [2.45, 2.75) is 12.5 Å². The van der Waals surface area contributed by atoms with Gasteiger partial charge in [-0.1, -0.05) is 0 Å². The molecule has 0 aromatic rings. The quantitative estimate of drug-likeness (QED) is 0.508. The second-order valence-electron chi connectivity index (χ2n) is 3.72. The lowest BCUT2D eigenvalue weighted by Gasteiger charge is -2.20. The van der Waals surface area contributed by atoms with E-state index in [9.17, 15) is 0 Å². The highest BCUT2D eigenvalue weighted by Crippen LogP contribution is 2.30. The molecule has 1 N–H and O–H groups in total. The van der Waals surface area contributed by atoms with Gasteiger partial charge in [-0.15, -0.1) is 0 Å². The largest absolute Gasteiger partial charge is 0.304 e. The van der Waals surface area contributed by atoms with E-state index < -0.39 is 0 Å². The lowest BCUT2D eigenvalue weighted by Crippen LogP contribution is -2.42. The van der Waals surface area contributed by atoms with Crippen molar-refractivity contribution in [3.05, 3.63) is 0 Å². The standard InChI is InChI=1S/C7H14N2O/c1-7-5-9(2)3-6(7)4-10-8-7/h6,8H,3-5H2,1-2H3/t6-,7-/m0/s1. The predicted molar refractivity (Wildman–Crippen MR) is 38.5 cm³/mol. The third kappa shape index (κ3) is 0.779. The molecule has 10 heavy (non-hydrogen) atoms. The van der Waals surface area contributed by atoms with Crippen molar-refractivity contribution in [1.29, 1.82) is 0 Å². The van der Waals surface area contributed by atoms with Gasteiger partial charge >= 0.3 is 0 Å². The summed E-state index contributed by atoms with van der Waals surface area (Å²) in [7, 11) is 2.16. The van der Waals surface area contributed by atoms with Gasteiger partial charge in [0.05, 0.1) is 12.1 Å². The number of fused-ring (bicyclic) bond motifs is 1. The summed E-state index contributed by atoms with van der Waals surface area (Å²) in [5.74, 6) is 0.692. The highest BCUT2D eigenvalue weighted by atomic mass is 16.7. The molecule has 2 rings (SSSR count). The van der Waals surface area contributed by atoms with Crippen LogP contribution in [-0.4, -0.2) is 37.2 Å². The molecule has 58 valence electrons. The topological polar surface area (TPSA) is 24.5 Å². The second kappa shape index (κ2) is 1.94. The van der Waals surface area contributed by atoms with Crippen LogP contribution in [0.1, 0.15) is 6.92 Å². The van der Waals surface area contributed by atoms with Gasteiger partial charge in [-0.3, -0.25) is 0 Å². The number of likely N-dealkylation sites (tertiary alicyclic amines) is 1. The molecule has 0 aliphatic carbocycles. The molecule has 0 spiro atoms. The Kier molecular flexibility index (Phi) is 1.27. The van der Waals surface area contributed by atoms with Gasteiger partial charge in [-0.05, 0) is 14.0 Å². The van der Waals surface area contributed by atoms with Gasteiger partial charge in [0.1, 0.15) is 0 Å². The van der Waals surface area contributed by atoms with Crippen molar-refractivity contribution in [3.8, 4) is 0 Å². The SMILES string of the molecule is CN1C[C@H]2CON[C@@]2(C)C1. The van der Waals surface area contributed by atoms with E-state index in [-0.39, 0.29) is 5.54 Å². The van der Waals surface area contributed by atoms with Crippen LogP contribution in [0.5, 0.6) is 0 Å². The summed E-state index contributed by atoms with van der Waals surface area (Å²) in [5, 5.41) is 0. The van der Waals surface area contributed by atoms with E-state index in [4.69, 9.17) is 4.84 Å². The number of nitrogens with zero attached hydrogens (tertiary/aromatic N) is 1. The molecule has 3 heteroatoms. The number of rotatable bonds is 0. The van der Waals surface area contributed by atoms with Gasteiger partial charge in [0.25, 0.3) is 0 Å². The van der Waals surface area contributed by atoms with E-state index in [1.54, 1.807) is 0 Å². The number of likely N-dealkylation sites (N-methyl/N-ethyl adjacent to an activating group) is 1. The maximum atomic E-state index is 5.19. The molecule has 2 aliphatic heterocycles. The van der Waals surface area contributed by atoms with Crippen molar-refractivity contribution < 1.29 is 4.84 Å². The van der Waals surface area contributed by atoms with Crippen LogP contribution in [0.15, 0.2) is 0 Å². The first kappa shape index (κ1) is 6.58. The average Bonchev–Trinajstić information content (AvgIpc) is 2.20. The highest BCUT2D eigenvalue weighted by Gasteiger charge is 2.45. The second-order valence-corrected chi connectivity index (χ2v) is 3.72. The van der Waals surface area contributed by atoms with Gasteiger partial charge < -0.3 is 9.74 Å². The summed E-state index contributed by atoms with van der Waals surface area (Å²) in [6.07, 6.45) is 0. The molecule has 2 fully saturated rings. The molecule has 2 aliphatic rings. The van der Waals surface area contributed by atoms with Crippen LogP contribution in [0.4, 0.5) is 0 Å². The first-order valence-electron chi connectivity index (χ1n) is 3.78. The van der Waals surface area contributed by atoms with Crippen molar-refractivity contribution in [2.75, 3.05) is 26.7 Å². The summed E-state index contributed by atoms with van der Waals surface area (Å²) in [6, 6.07) is 0. The van der Waals surface area contributed by atoms with Crippen LogP contribution < -0.4 is 5.48 Å². The van der Waals surface area contributed by atoms with Crippen LogP contribution in [0.3, 0.4) is 0 Å². The summed E-state index contributed by atoms with van der Waals surface area (Å²) in [5.41, 5.74) is 3.31. The Bertz CT molecular complexity index is 151. The van der Waals surface area contributed by atoms with E-state index in [1.165, 1.54) is 6.54 Å². The van der Waals surface area contributed by atoms with Gasteiger partial charge in [-0.25, -0.2) is 0 Å². The van der Waals surface area contributed by atoms with E-state index in [0.29, 0.717) is 5.92 Å². The average molecular weight is 142 g/mol. The fourth-order valence-corrected chi connectivity index (χ4v) is 1.99. The number of hydroxylamine groups is 1. The fraction of sp³-hybridized carbons (Fsp3) is 1.00. The summed E-state index contributed by atoms with van der Waals surface area (Å²) < 4.78 is 0. The van der Waals surface area contributed by atoms with Gasteiger partial charge in [-0.2, -0.15) is 5.48 Å². The Balaban J connectivity index is 2.15. The van der Waals surface area contributed by atoms with Gasteiger partial charge in [0.2, 0.25) is 0 Å². The number of hydrogen-bond donors (Lipinski definition) is 1. The van der Waals surface area contributed by atoms with Crippen LogP contribution in [-0.2, 0) is 4.84 Å². The molecule has 0 unspecified atom stereocenters. The predicted octanol–water partition coefficient (Wildman–Crippen LogP) is -0.159. The van der Waals surface area contributed by atoms with E-state index in [1.807, 2.05) is 0 Å². The Hall–Kier alpha value is -0.120. The van der Waals surface area contributed by atoms with Gasteiger partial charge in [0.15, 0.2) is 0 Å². The Labute approximate surface area is 61.3 Å². The summed E-state index contributed by atoms with van der Waals surface area (Å²) >= 11 is 0. The molecule has 2 heterocycles. The summed E-state index contributed by atoms with van der Waals surface area (Å²) in [6.45, 7) is 5.39. The van der Waals surface area contributed by atoms with Gasteiger partial charge in [0, 0.05) is 19.0 Å². The molecule has 0 saturated carbocycles. The molecular weight excluding hydrogens is 128 g/mol. The van der Waals surface area contributed by atoms with Crippen LogP contribution in [0.2, 0.25) is 0 Å². The van der Waals surface area contributed by atoms with Crippen molar-refractivity contribution >= 4 is 0 Å².